The predicted molar refractivity (Wildman–Crippen MR) is 119 cm³/mol. The molecule has 4 N–H and O–H groups in total. The van der Waals surface area contributed by atoms with E-state index in [0.29, 0.717) is 46.5 Å². The van der Waals surface area contributed by atoms with Crippen LogP contribution in [0, 0.1) is 16.7 Å². The van der Waals surface area contributed by atoms with Crippen molar-refractivity contribution in [1.82, 2.24) is 4.98 Å². The van der Waals surface area contributed by atoms with Crippen LogP contribution in [0.1, 0.15) is 65.4 Å². The first-order chi connectivity index (χ1) is 14.6. The number of methoxy groups -OCH3 is 1. The molecule has 0 unspecified atom stereocenters. The molecule has 0 aliphatic carbocycles. The molecule has 1 aromatic carbocycles. The molecule has 2 rings (SSSR count). The van der Waals surface area contributed by atoms with Gasteiger partial charge >= 0.3 is 5.97 Å². The minimum Gasteiger partial charge on any atom is -0.465 e. The molecule has 1 amide bonds. The van der Waals surface area contributed by atoms with Crippen molar-refractivity contribution in [2.24, 2.45) is 11.7 Å². The second kappa shape index (κ2) is 9.97. The zero-order valence-electron chi connectivity index (χ0n) is 18.5. The van der Waals surface area contributed by atoms with E-state index in [0.717, 1.165) is 0 Å². The number of nitrogens with one attached hydrogen (secondary N) is 2. The van der Waals surface area contributed by atoms with Gasteiger partial charge in [0, 0.05) is 12.5 Å². The maximum atomic E-state index is 12.6. The Morgan fingerprint density at radius 2 is 1.71 bits per heavy atom. The van der Waals surface area contributed by atoms with Crippen LogP contribution < -0.4 is 5.73 Å². The summed E-state index contributed by atoms with van der Waals surface area (Å²) in [7, 11) is 1.30. The Morgan fingerprint density at radius 3 is 2.16 bits per heavy atom. The standard InChI is InChI=1S/C23H28N4O4/c1-6-16-20(22(26)31-13(4)24)18(14-7-9-15(10-8-14)23(29)30-5)19(21(25)28)17(27-16)11-12(2)3/h7-10,12,24,26H,6,11H2,1-5H3,(H2,25,28). The molecule has 0 radical (unpaired) electrons. The topological polar surface area (TPSA) is 139 Å². The summed E-state index contributed by atoms with van der Waals surface area (Å²) in [4.78, 5) is 29.1. The molecule has 0 fully saturated rings. The normalized spacial score (nSPS) is 10.6. The van der Waals surface area contributed by atoms with Crippen LogP contribution in [0.15, 0.2) is 24.3 Å². The van der Waals surface area contributed by atoms with Crippen molar-refractivity contribution in [1.29, 1.82) is 10.8 Å². The van der Waals surface area contributed by atoms with Crippen molar-refractivity contribution in [3.8, 4) is 11.1 Å². The third-order valence-electron chi connectivity index (χ3n) is 4.61. The Morgan fingerprint density at radius 1 is 1.10 bits per heavy atom. The quantitative estimate of drug-likeness (QED) is 0.353. The van der Waals surface area contributed by atoms with Crippen molar-refractivity contribution < 1.29 is 19.1 Å². The predicted octanol–water partition coefficient (Wildman–Crippen LogP) is 3.73. The van der Waals surface area contributed by atoms with Crippen LogP contribution in [-0.4, -0.2) is 35.8 Å². The Balaban J connectivity index is 2.90. The number of primary amides is 1. The number of esters is 1. The van der Waals surface area contributed by atoms with E-state index >= 15 is 0 Å². The summed E-state index contributed by atoms with van der Waals surface area (Å²) >= 11 is 0. The number of hydrogen-bond acceptors (Lipinski definition) is 7. The van der Waals surface area contributed by atoms with Crippen molar-refractivity contribution >= 4 is 23.7 Å². The molecule has 0 saturated carbocycles. The Labute approximate surface area is 181 Å². The monoisotopic (exact) mass is 424 g/mol. The molecule has 0 spiro atoms. The van der Waals surface area contributed by atoms with E-state index in [4.69, 9.17) is 26.0 Å². The number of carbonyl (C=O) groups excluding carboxylic acids is 2. The number of pyridine rings is 1. The lowest BCUT2D eigenvalue weighted by atomic mass is 9.88. The van der Waals surface area contributed by atoms with Gasteiger partial charge in [0.1, 0.15) is 0 Å². The van der Waals surface area contributed by atoms with Crippen LogP contribution in [0.5, 0.6) is 0 Å². The second-order valence-electron chi connectivity index (χ2n) is 7.50. The van der Waals surface area contributed by atoms with Crippen LogP contribution in [0.3, 0.4) is 0 Å². The van der Waals surface area contributed by atoms with E-state index < -0.39 is 11.9 Å². The molecule has 8 nitrogen and oxygen atoms in total. The average molecular weight is 425 g/mol. The lowest BCUT2D eigenvalue weighted by molar-refractivity contribution is 0.0600. The first-order valence-electron chi connectivity index (χ1n) is 9.96. The molecule has 31 heavy (non-hydrogen) atoms. The fourth-order valence-electron chi connectivity index (χ4n) is 3.37. The molecular formula is C23H28N4O4. The summed E-state index contributed by atoms with van der Waals surface area (Å²) < 4.78 is 10.0. The highest BCUT2D eigenvalue weighted by atomic mass is 16.5. The fraction of sp³-hybridized carbons (Fsp3) is 0.348. The molecule has 0 atom stereocenters. The number of hydrogen-bond donors (Lipinski definition) is 3. The summed E-state index contributed by atoms with van der Waals surface area (Å²) in [5, 5.41) is 16.1. The molecule has 8 heteroatoms. The SMILES string of the molecule is CCc1nc(CC(C)C)c(C(N)=O)c(-c2ccc(C(=O)OC)cc2)c1C(=N)OC(C)=N. The van der Waals surface area contributed by atoms with E-state index in [-0.39, 0.29) is 23.3 Å². The fourth-order valence-corrected chi connectivity index (χ4v) is 3.37. The largest absolute Gasteiger partial charge is 0.465 e. The summed E-state index contributed by atoms with van der Waals surface area (Å²) in [5.41, 5.74) is 8.76. The van der Waals surface area contributed by atoms with Crippen LogP contribution in [-0.2, 0) is 22.3 Å². The van der Waals surface area contributed by atoms with Gasteiger partial charge < -0.3 is 15.2 Å². The number of nitrogens with zero attached hydrogens (tertiary/aromatic N) is 1. The third-order valence-corrected chi connectivity index (χ3v) is 4.61. The van der Waals surface area contributed by atoms with Crippen LogP contribution in [0.25, 0.3) is 11.1 Å². The van der Waals surface area contributed by atoms with Gasteiger partial charge in [0.25, 0.3) is 5.91 Å². The maximum Gasteiger partial charge on any atom is 0.337 e. The maximum absolute atomic E-state index is 12.6. The van der Waals surface area contributed by atoms with Gasteiger partial charge in [-0.25, -0.2) is 4.79 Å². The van der Waals surface area contributed by atoms with Gasteiger partial charge in [-0.3, -0.25) is 20.6 Å². The minimum absolute atomic E-state index is 0.161. The first kappa shape index (κ1) is 23.7. The van der Waals surface area contributed by atoms with E-state index in [1.165, 1.54) is 14.0 Å². The van der Waals surface area contributed by atoms with Gasteiger partial charge in [-0.1, -0.05) is 32.9 Å². The zero-order valence-corrected chi connectivity index (χ0v) is 18.5. The van der Waals surface area contributed by atoms with E-state index in [2.05, 4.69) is 4.98 Å². The summed E-state index contributed by atoms with van der Waals surface area (Å²) in [6, 6.07) is 6.49. The highest BCUT2D eigenvalue weighted by Gasteiger charge is 2.27. The number of ether oxygens (including phenoxy) is 2. The van der Waals surface area contributed by atoms with Crippen LogP contribution in [0.4, 0.5) is 0 Å². The number of carbonyl (C=O) groups is 2. The van der Waals surface area contributed by atoms with Gasteiger partial charge in [0.15, 0.2) is 5.90 Å². The highest BCUT2D eigenvalue weighted by Crippen LogP contribution is 2.33. The molecule has 1 heterocycles. The van der Waals surface area contributed by atoms with Crippen molar-refractivity contribution in [3.63, 3.8) is 0 Å². The van der Waals surface area contributed by atoms with Gasteiger partial charge in [-0.2, -0.15) is 0 Å². The van der Waals surface area contributed by atoms with Crippen molar-refractivity contribution in [3.05, 3.63) is 52.3 Å². The number of aromatic nitrogens is 1. The lowest BCUT2D eigenvalue weighted by Gasteiger charge is -2.21. The summed E-state index contributed by atoms with van der Waals surface area (Å²) in [6.07, 6.45) is 1.01. The molecular weight excluding hydrogens is 396 g/mol. The van der Waals surface area contributed by atoms with E-state index in [1.807, 2.05) is 20.8 Å². The molecule has 164 valence electrons. The van der Waals surface area contributed by atoms with Crippen molar-refractivity contribution in [2.45, 2.75) is 40.5 Å². The average Bonchev–Trinajstić information content (AvgIpc) is 2.70. The first-order valence-corrected chi connectivity index (χ1v) is 9.96. The van der Waals surface area contributed by atoms with Gasteiger partial charge in [-0.15, -0.1) is 0 Å². The van der Waals surface area contributed by atoms with Gasteiger partial charge in [0.2, 0.25) is 5.90 Å². The van der Waals surface area contributed by atoms with Crippen molar-refractivity contribution in [2.75, 3.05) is 7.11 Å². The smallest absolute Gasteiger partial charge is 0.337 e. The van der Waals surface area contributed by atoms with Gasteiger partial charge in [-0.05, 0) is 36.5 Å². The molecule has 0 aliphatic rings. The number of rotatable bonds is 7. The zero-order chi connectivity index (χ0) is 23.3. The molecule has 0 bridgehead atoms. The van der Waals surface area contributed by atoms with Crippen LogP contribution in [0.2, 0.25) is 0 Å². The summed E-state index contributed by atoms with van der Waals surface area (Å²) in [6.45, 7) is 7.34. The Bertz CT molecular complexity index is 1030. The van der Waals surface area contributed by atoms with Gasteiger partial charge in [0.05, 0.1) is 35.2 Å². The number of nitrogens with two attached hydrogens (primary N) is 1. The number of benzene rings is 1. The molecule has 2 aromatic rings. The third kappa shape index (κ3) is 5.33. The summed E-state index contributed by atoms with van der Waals surface area (Å²) in [5.74, 6) is -1.39. The Hall–Kier alpha value is -3.55. The Kier molecular flexibility index (Phi) is 7.63. The molecule has 1 aromatic heterocycles. The number of aryl methyl sites for hydroxylation is 1. The second-order valence-corrected chi connectivity index (χ2v) is 7.50. The number of amides is 1. The molecule has 0 saturated heterocycles. The lowest BCUT2D eigenvalue weighted by Crippen LogP contribution is -2.23. The highest BCUT2D eigenvalue weighted by molar-refractivity contribution is 6.11. The van der Waals surface area contributed by atoms with E-state index in [1.54, 1.807) is 24.3 Å². The van der Waals surface area contributed by atoms with E-state index in [9.17, 15) is 9.59 Å². The van der Waals surface area contributed by atoms with Crippen LogP contribution >= 0.6 is 0 Å². The minimum atomic E-state index is -0.668. The molecule has 0 aliphatic heterocycles.